The first kappa shape index (κ1) is 23.6. The zero-order chi connectivity index (χ0) is 20.2. The highest BCUT2D eigenvalue weighted by atomic mass is 33.1. The number of hydrogen-bond donors (Lipinski definition) is 5. The van der Waals surface area contributed by atoms with Crippen molar-refractivity contribution < 1.29 is 34.5 Å². The molecule has 0 bridgehead atoms. The first-order valence-corrected chi connectivity index (χ1v) is 11.1. The second-order valence-corrected chi connectivity index (χ2v) is 9.00. The van der Waals surface area contributed by atoms with E-state index in [1.54, 1.807) is 0 Å². The van der Waals surface area contributed by atoms with Crippen LogP contribution in [0, 0.1) is 0 Å². The molecule has 0 unspecified atom stereocenters. The van der Waals surface area contributed by atoms with Crippen LogP contribution in [0.1, 0.15) is 44.9 Å². The third-order valence-electron chi connectivity index (χ3n) is 4.00. The molecule has 1 saturated heterocycles. The molecule has 1 aliphatic heterocycles. The molecule has 0 aromatic heterocycles. The van der Waals surface area contributed by atoms with E-state index in [4.69, 9.17) is 15.3 Å². The summed E-state index contributed by atoms with van der Waals surface area (Å²) in [6.07, 6.45) is 3.45. The average molecular weight is 423 g/mol. The number of aliphatic hydroxyl groups is 1. The number of carboxylic acids is 2. The van der Waals surface area contributed by atoms with Crippen LogP contribution in [0.3, 0.4) is 0 Å². The van der Waals surface area contributed by atoms with Crippen molar-refractivity contribution in [1.29, 1.82) is 0 Å². The van der Waals surface area contributed by atoms with Crippen LogP contribution >= 0.6 is 21.6 Å². The van der Waals surface area contributed by atoms with Crippen LogP contribution in [0.4, 0.5) is 0 Å². The topological polar surface area (TPSA) is 153 Å². The minimum atomic E-state index is -1.51. The van der Waals surface area contributed by atoms with Crippen molar-refractivity contribution >= 4 is 45.3 Å². The Morgan fingerprint density at radius 1 is 1.04 bits per heavy atom. The lowest BCUT2D eigenvalue weighted by Gasteiger charge is -2.20. The molecule has 0 aromatic rings. The molecule has 1 aliphatic rings. The predicted octanol–water partition coefficient (Wildman–Crippen LogP) is 0.612. The number of unbranched alkanes of at least 4 members (excludes halogenated alkanes) is 1. The van der Waals surface area contributed by atoms with Gasteiger partial charge in [-0.25, -0.2) is 4.79 Å². The van der Waals surface area contributed by atoms with Gasteiger partial charge in [0.05, 0.1) is 6.61 Å². The van der Waals surface area contributed by atoms with Crippen LogP contribution in [0.5, 0.6) is 0 Å². The van der Waals surface area contributed by atoms with Crippen LogP contribution in [0.2, 0.25) is 0 Å². The van der Waals surface area contributed by atoms with Crippen molar-refractivity contribution in [3.8, 4) is 0 Å². The standard InChI is InChI=1S/C16H26N2O7S2/c19-9-12(16(24)25)18-15(23)11(5-6-14(21)22)17-13(20)4-2-1-3-10-7-8-26-27-10/h10-12,19H,1-9H2,(H,17,20)(H,18,23)(H,21,22)(H,24,25)/t10-,11+,12+/m1/s1. The average Bonchev–Trinajstić information content (AvgIpc) is 3.12. The van der Waals surface area contributed by atoms with Gasteiger partial charge in [0.15, 0.2) is 0 Å². The van der Waals surface area contributed by atoms with Crippen LogP contribution in [0.25, 0.3) is 0 Å². The second kappa shape index (κ2) is 12.8. The smallest absolute Gasteiger partial charge is 0.328 e. The van der Waals surface area contributed by atoms with E-state index in [0.29, 0.717) is 11.7 Å². The molecule has 3 atom stereocenters. The number of aliphatic hydroxyl groups excluding tert-OH is 1. The van der Waals surface area contributed by atoms with Crippen LogP contribution in [-0.2, 0) is 19.2 Å². The number of rotatable bonds is 13. The molecule has 1 rings (SSSR count). The zero-order valence-corrected chi connectivity index (χ0v) is 16.5. The van der Waals surface area contributed by atoms with Gasteiger partial charge in [-0.3, -0.25) is 14.4 Å². The van der Waals surface area contributed by atoms with Gasteiger partial charge in [0.1, 0.15) is 12.1 Å². The lowest BCUT2D eigenvalue weighted by Crippen LogP contribution is -2.52. The Kier molecular flexibility index (Phi) is 11.2. The number of amides is 2. The molecule has 0 spiro atoms. The summed E-state index contributed by atoms with van der Waals surface area (Å²) < 4.78 is 0. The number of nitrogens with one attached hydrogen (secondary N) is 2. The third kappa shape index (κ3) is 9.87. The fourth-order valence-electron chi connectivity index (χ4n) is 2.48. The van der Waals surface area contributed by atoms with Gasteiger partial charge in [-0.1, -0.05) is 28.0 Å². The van der Waals surface area contributed by atoms with Gasteiger partial charge in [-0.15, -0.1) is 0 Å². The monoisotopic (exact) mass is 422 g/mol. The SMILES string of the molecule is O=C(O)CC[C@H](NC(=O)CCCC[C@@H]1CCSS1)C(=O)N[C@@H](CO)C(=O)O. The van der Waals surface area contributed by atoms with Crippen molar-refractivity contribution in [3.63, 3.8) is 0 Å². The fourth-order valence-corrected chi connectivity index (χ4v) is 5.51. The van der Waals surface area contributed by atoms with Gasteiger partial charge in [-0.05, 0) is 25.7 Å². The lowest BCUT2D eigenvalue weighted by molar-refractivity contribution is -0.144. The van der Waals surface area contributed by atoms with E-state index in [-0.39, 0.29) is 25.2 Å². The highest BCUT2D eigenvalue weighted by molar-refractivity contribution is 8.77. The van der Waals surface area contributed by atoms with E-state index in [1.165, 1.54) is 6.42 Å². The van der Waals surface area contributed by atoms with Gasteiger partial charge in [0, 0.05) is 23.8 Å². The van der Waals surface area contributed by atoms with Gasteiger partial charge >= 0.3 is 11.9 Å². The summed E-state index contributed by atoms with van der Waals surface area (Å²) in [6.45, 7) is -0.807. The fraction of sp³-hybridized carbons (Fsp3) is 0.750. The van der Waals surface area contributed by atoms with Gasteiger partial charge in [0.2, 0.25) is 11.8 Å². The summed E-state index contributed by atoms with van der Waals surface area (Å²) in [6, 6.07) is -2.67. The zero-order valence-electron chi connectivity index (χ0n) is 14.9. The van der Waals surface area contributed by atoms with Crippen LogP contribution in [-0.4, -0.2) is 68.8 Å². The number of aliphatic carboxylic acids is 2. The molecule has 9 nitrogen and oxygen atoms in total. The Morgan fingerprint density at radius 3 is 2.33 bits per heavy atom. The highest BCUT2D eigenvalue weighted by Crippen LogP contribution is 2.39. The normalized spacial score (nSPS) is 18.5. The second-order valence-electron chi connectivity index (χ2n) is 6.21. The molecule has 2 amide bonds. The number of hydrogen-bond acceptors (Lipinski definition) is 7. The van der Waals surface area contributed by atoms with Crippen molar-refractivity contribution in [3.05, 3.63) is 0 Å². The molecular weight excluding hydrogens is 396 g/mol. The highest BCUT2D eigenvalue weighted by Gasteiger charge is 2.26. The Bertz CT molecular complexity index is 527. The molecule has 0 aliphatic carbocycles. The third-order valence-corrected chi connectivity index (χ3v) is 7.01. The Hall–Kier alpha value is -1.46. The van der Waals surface area contributed by atoms with Crippen molar-refractivity contribution in [2.75, 3.05) is 12.4 Å². The molecule has 0 radical (unpaired) electrons. The summed E-state index contributed by atoms with van der Waals surface area (Å²) in [5.74, 6) is -2.61. The van der Waals surface area contributed by atoms with E-state index >= 15 is 0 Å². The Morgan fingerprint density at radius 2 is 1.78 bits per heavy atom. The van der Waals surface area contributed by atoms with Crippen LogP contribution in [0.15, 0.2) is 0 Å². The Balaban J connectivity index is 2.46. The van der Waals surface area contributed by atoms with Gasteiger partial charge in [0.25, 0.3) is 0 Å². The van der Waals surface area contributed by atoms with Crippen LogP contribution < -0.4 is 10.6 Å². The minimum absolute atomic E-state index is 0.166. The number of carbonyl (C=O) groups is 4. The van der Waals surface area contributed by atoms with Gasteiger partial charge in [-0.2, -0.15) is 0 Å². The molecule has 5 N–H and O–H groups in total. The first-order chi connectivity index (χ1) is 12.8. The predicted molar refractivity (Wildman–Crippen MR) is 102 cm³/mol. The Labute approximate surface area is 165 Å². The van der Waals surface area contributed by atoms with E-state index < -0.39 is 36.5 Å². The summed E-state index contributed by atoms with van der Waals surface area (Å²) in [4.78, 5) is 45.9. The van der Waals surface area contributed by atoms with E-state index in [2.05, 4.69) is 10.6 Å². The maximum atomic E-state index is 12.2. The number of carboxylic acid groups (broad SMARTS) is 2. The largest absolute Gasteiger partial charge is 0.481 e. The summed E-state index contributed by atoms with van der Waals surface area (Å²) in [5.41, 5.74) is 0. The van der Waals surface area contributed by atoms with E-state index in [0.717, 1.165) is 18.6 Å². The molecule has 0 aromatic carbocycles. The number of carbonyl (C=O) groups excluding carboxylic acids is 2. The van der Waals surface area contributed by atoms with Crippen molar-refractivity contribution in [2.24, 2.45) is 0 Å². The van der Waals surface area contributed by atoms with Crippen molar-refractivity contribution in [1.82, 2.24) is 10.6 Å². The molecule has 0 saturated carbocycles. The van der Waals surface area contributed by atoms with E-state index in [9.17, 15) is 19.2 Å². The first-order valence-electron chi connectivity index (χ1n) is 8.77. The van der Waals surface area contributed by atoms with Crippen molar-refractivity contribution in [2.45, 2.75) is 62.3 Å². The molecule has 11 heteroatoms. The maximum Gasteiger partial charge on any atom is 0.328 e. The molecular formula is C16H26N2O7S2. The van der Waals surface area contributed by atoms with Gasteiger partial charge < -0.3 is 26.0 Å². The minimum Gasteiger partial charge on any atom is -0.481 e. The quantitative estimate of drug-likeness (QED) is 0.212. The summed E-state index contributed by atoms with van der Waals surface area (Å²) in [7, 11) is 3.73. The lowest BCUT2D eigenvalue weighted by atomic mass is 10.1. The van der Waals surface area contributed by atoms with E-state index in [1.807, 2.05) is 21.6 Å². The maximum absolute atomic E-state index is 12.2. The molecule has 1 fully saturated rings. The summed E-state index contributed by atoms with van der Waals surface area (Å²) >= 11 is 0. The molecule has 27 heavy (non-hydrogen) atoms. The molecule has 1 heterocycles. The molecule has 154 valence electrons. The summed E-state index contributed by atoms with van der Waals surface area (Å²) in [5, 5.41) is 31.8.